The smallest absolute Gasteiger partial charge is 0.335 e. The van der Waals surface area contributed by atoms with Crippen molar-refractivity contribution in [3.05, 3.63) is 10.4 Å². The third kappa shape index (κ3) is 5.24. The zero-order chi connectivity index (χ0) is 11.8. The Morgan fingerprint density at radius 3 is 2.60 bits per heavy atom. The number of hydrogen-bond donors (Lipinski definition) is 1. The van der Waals surface area contributed by atoms with Crippen LogP contribution in [0.5, 0.6) is 0 Å². The molecule has 0 aromatic heterocycles. The minimum absolute atomic E-state index is 0.195. The van der Waals surface area contributed by atoms with Crippen LogP contribution in [-0.2, 0) is 9.53 Å². The Balaban J connectivity index is 4.46. The van der Waals surface area contributed by atoms with Crippen LogP contribution in [0.25, 0.3) is 10.4 Å². The molecule has 86 valence electrons. The molecular weight excluding hydrogens is 198 g/mol. The highest BCUT2D eigenvalue weighted by Crippen LogP contribution is 2.13. The maximum atomic E-state index is 11.2. The second kappa shape index (κ2) is 7.09. The Hall–Kier alpha value is -1.26. The lowest BCUT2D eigenvalue weighted by molar-refractivity contribution is -0.154. The average Bonchev–Trinajstić information content (AvgIpc) is 2.16. The van der Waals surface area contributed by atoms with Crippen molar-refractivity contribution in [2.24, 2.45) is 11.0 Å². The van der Waals surface area contributed by atoms with E-state index in [0.29, 0.717) is 6.42 Å². The van der Waals surface area contributed by atoms with E-state index in [1.54, 1.807) is 6.92 Å². The number of esters is 1. The fourth-order valence-electron chi connectivity index (χ4n) is 1.17. The normalized spacial score (nSPS) is 14.2. The fourth-order valence-corrected chi connectivity index (χ4v) is 1.17. The highest BCUT2D eigenvalue weighted by atomic mass is 16.5. The molecule has 0 aromatic carbocycles. The lowest BCUT2D eigenvalue weighted by Crippen LogP contribution is -2.34. The fraction of sp³-hybridized carbons (Fsp3) is 0.889. The third-order valence-electron chi connectivity index (χ3n) is 1.81. The summed E-state index contributed by atoms with van der Waals surface area (Å²) in [4.78, 5) is 13.8. The van der Waals surface area contributed by atoms with Gasteiger partial charge in [-0.25, -0.2) is 4.79 Å². The van der Waals surface area contributed by atoms with Gasteiger partial charge in [-0.2, -0.15) is 0 Å². The predicted molar refractivity (Wildman–Crippen MR) is 55.0 cm³/mol. The number of carbonyl (C=O) groups excluding carboxylic acids is 1. The maximum absolute atomic E-state index is 11.2. The number of ether oxygens (including phenoxy) is 1. The quantitative estimate of drug-likeness (QED) is 0.315. The van der Waals surface area contributed by atoms with Gasteiger partial charge in [-0.3, -0.25) is 0 Å². The van der Waals surface area contributed by atoms with E-state index in [1.165, 1.54) is 0 Å². The van der Waals surface area contributed by atoms with Crippen molar-refractivity contribution in [3.63, 3.8) is 0 Å². The van der Waals surface area contributed by atoms with E-state index in [2.05, 4.69) is 14.8 Å². The lowest BCUT2D eigenvalue weighted by Gasteiger charge is -2.18. The van der Waals surface area contributed by atoms with Gasteiger partial charge >= 0.3 is 5.97 Å². The zero-order valence-corrected chi connectivity index (χ0v) is 9.25. The van der Waals surface area contributed by atoms with Crippen molar-refractivity contribution in [3.8, 4) is 0 Å². The van der Waals surface area contributed by atoms with Gasteiger partial charge in [-0.05, 0) is 24.8 Å². The molecule has 0 unspecified atom stereocenters. The van der Waals surface area contributed by atoms with Crippen LogP contribution in [0.1, 0.15) is 27.2 Å². The summed E-state index contributed by atoms with van der Waals surface area (Å²) in [5.41, 5.74) is 8.31. The first-order valence-electron chi connectivity index (χ1n) is 4.91. The predicted octanol–water partition coefficient (Wildman–Crippen LogP) is 1.64. The van der Waals surface area contributed by atoms with Crippen molar-refractivity contribution in [1.29, 1.82) is 0 Å². The number of azide groups is 1. The molecule has 6 nitrogen and oxygen atoms in total. The van der Waals surface area contributed by atoms with E-state index in [-0.39, 0.29) is 12.5 Å². The van der Waals surface area contributed by atoms with Gasteiger partial charge in [-0.15, -0.1) is 0 Å². The van der Waals surface area contributed by atoms with Crippen LogP contribution >= 0.6 is 0 Å². The van der Waals surface area contributed by atoms with Gasteiger partial charge in [0, 0.05) is 4.91 Å². The van der Waals surface area contributed by atoms with Crippen LogP contribution in [0.2, 0.25) is 0 Å². The molecule has 15 heavy (non-hydrogen) atoms. The summed E-state index contributed by atoms with van der Waals surface area (Å²) in [6, 6.07) is -0.756. The summed E-state index contributed by atoms with van der Waals surface area (Å²) in [6.07, 6.45) is -0.924. The summed E-state index contributed by atoms with van der Waals surface area (Å²) in [6.45, 7) is 5.67. The Morgan fingerprint density at radius 1 is 1.60 bits per heavy atom. The molecular formula is C9H17N3O3. The highest BCUT2D eigenvalue weighted by Gasteiger charge is 2.26. The molecule has 0 radical (unpaired) electrons. The van der Waals surface area contributed by atoms with Crippen LogP contribution in [0.15, 0.2) is 5.11 Å². The molecule has 0 aliphatic heterocycles. The Bertz CT molecular complexity index is 249. The molecule has 0 heterocycles. The number of hydrogen-bond acceptors (Lipinski definition) is 4. The first-order valence-corrected chi connectivity index (χ1v) is 4.91. The summed E-state index contributed by atoms with van der Waals surface area (Å²) in [5.74, 6) is -0.514. The van der Waals surface area contributed by atoms with Crippen molar-refractivity contribution in [2.75, 3.05) is 6.61 Å². The molecule has 0 fully saturated rings. The van der Waals surface area contributed by atoms with E-state index in [0.717, 1.165) is 0 Å². The second-order valence-electron chi connectivity index (χ2n) is 3.60. The van der Waals surface area contributed by atoms with Crippen LogP contribution in [0.3, 0.4) is 0 Å². The summed E-state index contributed by atoms with van der Waals surface area (Å²) in [7, 11) is 0. The van der Waals surface area contributed by atoms with Crippen LogP contribution in [-0.4, -0.2) is 29.8 Å². The minimum Gasteiger partial charge on any atom is -0.464 e. The second-order valence-corrected chi connectivity index (χ2v) is 3.60. The molecule has 6 heteroatoms. The SMILES string of the molecule is CCOC(=O)[C@H](O)[C@H](CC(C)C)N=[N+]=[N-]. The maximum Gasteiger partial charge on any atom is 0.335 e. The number of carbonyl (C=O) groups is 1. The van der Waals surface area contributed by atoms with Gasteiger partial charge in [0.1, 0.15) is 0 Å². The topological polar surface area (TPSA) is 95.3 Å². The lowest BCUT2D eigenvalue weighted by atomic mass is 10.00. The molecule has 0 aliphatic carbocycles. The molecule has 0 rings (SSSR count). The van der Waals surface area contributed by atoms with E-state index < -0.39 is 18.1 Å². The Morgan fingerprint density at radius 2 is 2.20 bits per heavy atom. The van der Waals surface area contributed by atoms with E-state index in [4.69, 9.17) is 5.53 Å². The standard InChI is InChI=1S/C9H17N3O3/c1-4-15-9(14)8(13)7(11-12-10)5-6(2)3/h6-8,13H,4-5H2,1-3H3/t7-,8+/m0/s1. The van der Waals surface area contributed by atoms with Gasteiger partial charge in [0.05, 0.1) is 12.6 Å². The number of rotatable bonds is 6. The van der Waals surface area contributed by atoms with Crippen molar-refractivity contribution < 1.29 is 14.6 Å². The van der Waals surface area contributed by atoms with Gasteiger partial charge < -0.3 is 9.84 Å². The zero-order valence-electron chi connectivity index (χ0n) is 9.25. The van der Waals surface area contributed by atoms with Crippen molar-refractivity contribution in [1.82, 2.24) is 0 Å². The van der Waals surface area contributed by atoms with Crippen molar-refractivity contribution in [2.45, 2.75) is 39.3 Å². The van der Waals surface area contributed by atoms with Gasteiger partial charge in [0.15, 0.2) is 6.10 Å². The molecule has 0 aromatic rings. The minimum atomic E-state index is -1.37. The number of aliphatic hydroxyl groups excluding tert-OH is 1. The van der Waals surface area contributed by atoms with E-state index in [9.17, 15) is 9.90 Å². The highest BCUT2D eigenvalue weighted by molar-refractivity contribution is 5.75. The first-order chi connectivity index (χ1) is 7.02. The van der Waals surface area contributed by atoms with Gasteiger partial charge in [0.25, 0.3) is 0 Å². The third-order valence-corrected chi connectivity index (χ3v) is 1.81. The molecule has 0 amide bonds. The molecule has 0 saturated heterocycles. The molecule has 1 N–H and O–H groups in total. The summed E-state index contributed by atoms with van der Waals surface area (Å²) < 4.78 is 4.64. The summed E-state index contributed by atoms with van der Waals surface area (Å²) in [5, 5.41) is 12.9. The molecule has 0 spiro atoms. The molecule has 0 bridgehead atoms. The number of nitrogens with zero attached hydrogens (tertiary/aromatic N) is 3. The van der Waals surface area contributed by atoms with Gasteiger partial charge in [0.2, 0.25) is 0 Å². The molecule has 2 atom stereocenters. The van der Waals surface area contributed by atoms with Crippen LogP contribution in [0.4, 0.5) is 0 Å². The van der Waals surface area contributed by atoms with Crippen LogP contribution in [0, 0.1) is 5.92 Å². The molecule has 0 saturated carbocycles. The molecule has 0 aliphatic rings. The monoisotopic (exact) mass is 215 g/mol. The summed E-state index contributed by atoms with van der Waals surface area (Å²) >= 11 is 0. The number of aliphatic hydroxyl groups is 1. The van der Waals surface area contributed by atoms with E-state index in [1.807, 2.05) is 13.8 Å². The van der Waals surface area contributed by atoms with E-state index >= 15 is 0 Å². The van der Waals surface area contributed by atoms with Crippen molar-refractivity contribution >= 4 is 5.97 Å². The first kappa shape index (κ1) is 13.7. The van der Waals surface area contributed by atoms with Crippen LogP contribution < -0.4 is 0 Å². The average molecular weight is 215 g/mol. The Kier molecular flexibility index (Phi) is 6.49. The van der Waals surface area contributed by atoms with Gasteiger partial charge in [-0.1, -0.05) is 19.0 Å². The Labute approximate surface area is 88.9 Å². The largest absolute Gasteiger partial charge is 0.464 e.